The van der Waals surface area contributed by atoms with Gasteiger partial charge in [0.25, 0.3) is 5.91 Å². The quantitative estimate of drug-likeness (QED) is 0.752. The summed E-state index contributed by atoms with van der Waals surface area (Å²) in [5.41, 5.74) is 2.42. The second-order valence-corrected chi connectivity index (χ2v) is 8.99. The maximum atomic E-state index is 12.7. The molecule has 0 bridgehead atoms. The highest BCUT2D eigenvalue weighted by atomic mass is 32.1. The van der Waals surface area contributed by atoms with Crippen LogP contribution in [-0.4, -0.2) is 47.8 Å². The van der Waals surface area contributed by atoms with Crippen LogP contribution in [0.15, 0.2) is 41.8 Å². The number of carbonyl (C=O) groups excluding carboxylic acids is 2. The number of piperidine rings is 1. The van der Waals surface area contributed by atoms with Crippen LogP contribution in [0.25, 0.3) is 0 Å². The molecule has 1 aliphatic rings. The second kappa shape index (κ2) is 10.0. The number of hydrogen-bond acceptors (Lipinski definition) is 4. The molecule has 1 aromatic heterocycles. The summed E-state index contributed by atoms with van der Waals surface area (Å²) >= 11 is 1.47. The summed E-state index contributed by atoms with van der Waals surface area (Å²) in [5.74, 6) is 0.162. The fourth-order valence-corrected chi connectivity index (χ4v) is 4.25. The smallest absolute Gasteiger partial charge is 0.263 e. The Balaban J connectivity index is 1.50. The highest BCUT2D eigenvalue weighted by Crippen LogP contribution is 2.21. The van der Waals surface area contributed by atoms with Gasteiger partial charge in [-0.3, -0.25) is 14.5 Å². The van der Waals surface area contributed by atoms with Crippen molar-refractivity contribution in [2.45, 2.75) is 45.8 Å². The van der Waals surface area contributed by atoms with E-state index in [1.165, 1.54) is 22.5 Å². The van der Waals surface area contributed by atoms with Gasteiger partial charge in [-0.1, -0.05) is 30.3 Å². The van der Waals surface area contributed by atoms with Crippen molar-refractivity contribution in [3.8, 4) is 0 Å². The van der Waals surface area contributed by atoms with Crippen molar-refractivity contribution < 1.29 is 9.59 Å². The van der Waals surface area contributed by atoms with Crippen molar-refractivity contribution in [1.29, 1.82) is 0 Å². The Morgan fingerprint density at radius 1 is 1.14 bits per heavy atom. The van der Waals surface area contributed by atoms with Crippen LogP contribution < -0.4 is 5.32 Å². The zero-order chi connectivity index (χ0) is 20.8. The minimum Gasteiger partial charge on any atom is -0.352 e. The third-order valence-electron chi connectivity index (χ3n) is 5.76. The van der Waals surface area contributed by atoms with E-state index in [1.807, 2.05) is 28.5 Å². The van der Waals surface area contributed by atoms with Crippen LogP contribution in [-0.2, 0) is 17.9 Å². The zero-order valence-corrected chi connectivity index (χ0v) is 18.4. The monoisotopic (exact) mass is 413 g/mol. The normalized spacial score (nSPS) is 15.1. The van der Waals surface area contributed by atoms with Crippen molar-refractivity contribution in [2.24, 2.45) is 5.92 Å². The van der Waals surface area contributed by atoms with Crippen LogP contribution in [0.2, 0.25) is 0 Å². The standard InChI is InChI=1S/C23H31N3O2S/c1-17(2)25(3)16-20-8-5-4-7-19(20)15-24-22(27)18-10-12-26(13-11-18)23(28)21-9-6-14-29-21/h4-9,14,17-18H,10-13,15-16H2,1-3H3,(H,24,27). The van der Waals surface area contributed by atoms with Gasteiger partial charge < -0.3 is 10.2 Å². The van der Waals surface area contributed by atoms with Gasteiger partial charge in [0, 0.05) is 38.1 Å². The predicted octanol–water partition coefficient (Wildman–Crippen LogP) is 3.76. The van der Waals surface area contributed by atoms with Crippen LogP contribution in [0.4, 0.5) is 0 Å². The van der Waals surface area contributed by atoms with Gasteiger partial charge in [0.05, 0.1) is 4.88 Å². The molecule has 2 amide bonds. The molecule has 29 heavy (non-hydrogen) atoms. The minimum absolute atomic E-state index is 0.0205. The fraction of sp³-hybridized carbons (Fsp3) is 0.478. The molecule has 0 atom stereocenters. The van der Waals surface area contributed by atoms with E-state index in [4.69, 9.17) is 0 Å². The Bertz CT molecular complexity index is 811. The maximum Gasteiger partial charge on any atom is 0.263 e. The third kappa shape index (κ3) is 5.67. The molecule has 1 aliphatic heterocycles. The Hall–Kier alpha value is -2.18. The van der Waals surface area contributed by atoms with E-state index in [0.717, 1.165) is 24.3 Å². The first-order valence-electron chi connectivity index (χ1n) is 10.3. The summed E-state index contributed by atoms with van der Waals surface area (Å²) in [6.07, 6.45) is 1.45. The lowest BCUT2D eigenvalue weighted by atomic mass is 9.95. The molecule has 2 aromatic rings. The zero-order valence-electron chi connectivity index (χ0n) is 17.6. The largest absolute Gasteiger partial charge is 0.352 e. The number of amides is 2. The van der Waals surface area contributed by atoms with Crippen LogP contribution in [0.3, 0.4) is 0 Å². The van der Waals surface area contributed by atoms with Gasteiger partial charge in [0.2, 0.25) is 5.91 Å². The highest BCUT2D eigenvalue weighted by Gasteiger charge is 2.28. The third-order valence-corrected chi connectivity index (χ3v) is 6.62. The number of benzene rings is 1. The lowest BCUT2D eigenvalue weighted by molar-refractivity contribution is -0.126. The molecule has 2 heterocycles. The van der Waals surface area contributed by atoms with Crippen molar-refractivity contribution >= 4 is 23.2 Å². The summed E-state index contributed by atoms with van der Waals surface area (Å²) in [4.78, 5) is 30.1. The summed E-state index contributed by atoms with van der Waals surface area (Å²) in [6.45, 7) is 7.07. The Kier molecular flexibility index (Phi) is 7.45. The Labute approximate surface area is 177 Å². The summed E-state index contributed by atoms with van der Waals surface area (Å²) in [5, 5.41) is 5.05. The molecule has 3 rings (SSSR count). The van der Waals surface area contributed by atoms with Crippen LogP contribution >= 0.6 is 11.3 Å². The number of rotatable bonds is 7. The van der Waals surface area contributed by atoms with Crippen LogP contribution in [0.1, 0.15) is 47.5 Å². The van der Waals surface area contributed by atoms with Gasteiger partial charge in [-0.05, 0) is 56.3 Å². The number of carbonyl (C=O) groups is 2. The number of hydrogen-bond donors (Lipinski definition) is 1. The van der Waals surface area contributed by atoms with E-state index in [-0.39, 0.29) is 17.7 Å². The molecule has 5 nitrogen and oxygen atoms in total. The van der Waals surface area contributed by atoms with E-state index in [9.17, 15) is 9.59 Å². The minimum atomic E-state index is -0.0205. The molecule has 0 unspecified atom stereocenters. The first-order chi connectivity index (χ1) is 14.0. The van der Waals surface area contributed by atoms with Crippen molar-refractivity contribution in [2.75, 3.05) is 20.1 Å². The number of likely N-dealkylation sites (tertiary alicyclic amines) is 1. The molecule has 1 N–H and O–H groups in total. The molecular weight excluding hydrogens is 382 g/mol. The highest BCUT2D eigenvalue weighted by molar-refractivity contribution is 7.12. The van der Waals surface area contributed by atoms with Crippen molar-refractivity contribution in [1.82, 2.24) is 15.1 Å². The lowest BCUT2D eigenvalue weighted by Crippen LogP contribution is -2.42. The first kappa shape index (κ1) is 21.5. The SMILES string of the molecule is CC(C)N(C)Cc1ccccc1CNC(=O)C1CCN(C(=O)c2cccs2)CC1. The average molecular weight is 414 g/mol. The Morgan fingerprint density at radius 3 is 2.45 bits per heavy atom. The van der Waals surface area contributed by atoms with E-state index in [0.29, 0.717) is 25.7 Å². The summed E-state index contributed by atoms with van der Waals surface area (Å²) < 4.78 is 0. The molecule has 156 valence electrons. The molecule has 0 radical (unpaired) electrons. The molecule has 1 aromatic carbocycles. The predicted molar refractivity (Wildman–Crippen MR) is 118 cm³/mol. The fourth-order valence-electron chi connectivity index (χ4n) is 3.56. The maximum absolute atomic E-state index is 12.7. The molecule has 6 heteroatoms. The molecule has 1 fully saturated rings. The molecule has 1 saturated heterocycles. The number of nitrogens with zero attached hydrogens (tertiary/aromatic N) is 2. The topological polar surface area (TPSA) is 52.7 Å². The van der Waals surface area contributed by atoms with E-state index >= 15 is 0 Å². The molecular formula is C23H31N3O2S. The Morgan fingerprint density at radius 2 is 1.83 bits per heavy atom. The van der Waals surface area contributed by atoms with Gasteiger partial charge >= 0.3 is 0 Å². The average Bonchev–Trinajstić information content (AvgIpc) is 3.27. The summed E-state index contributed by atoms with van der Waals surface area (Å²) in [6, 6.07) is 12.5. The van der Waals surface area contributed by atoms with E-state index < -0.39 is 0 Å². The van der Waals surface area contributed by atoms with Gasteiger partial charge in [-0.2, -0.15) is 0 Å². The number of nitrogens with one attached hydrogen (secondary N) is 1. The molecule has 0 spiro atoms. The summed E-state index contributed by atoms with van der Waals surface area (Å²) in [7, 11) is 2.12. The van der Waals surface area contributed by atoms with Crippen LogP contribution in [0.5, 0.6) is 0 Å². The van der Waals surface area contributed by atoms with Gasteiger partial charge in [-0.25, -0.2) is 0 Å². The van der Waals surface area contributed by atoms with Crippen molar-refractivity contribution in [3.63, 3.8) is 0 Å². The van der Waals surface area contributed by atoms with Gasteiger partial charge in [0.15, 0.2) is 0 Å². The van der Waals surface area contributed by atoms with Crippen molar-refractivity contribution in [3.05, 3.63) is 57.8 Å². The van der Waals surface area contributed by atoms with E-state index in [1.54, 1.807) is 0 Å². The second-order valence-electron chi connectivity index (χ2n) is 8.04. The molecule has 0 aliphatic carbocycles. The molecule has 0 saturated carbocycles. The lowest BCUT2D eigenvalue weighted by Gasteiger charge is -2.31. The number of thiophene rings is 1. The van der Waals surface area contributed by atoms with E-state index in [2.05, 4.69) is 49.3 Å². The van der Waals surface area contributed by atoms with Crippen LogP contribution in [0, 0.1) is 5.92 Å². The first-order valence-corrected chi connectivity index (χ1v) is 11.2. The van der Waals surface area contributed by atoms with Gasteiger partial charge in [-0.15, -0.1) is 11.3 Å². The van der Waals surface area contributed by atoms with Gasteiger partial charge in [0.1, 0.15) is 0 Å².